The zero-order valence-electron chi connectivity index (χ0n) is 9.37. The number of hydrogen-bond acceptors (Lipinski definition) is 0. The zero-order chi connectivity index (χ0) is 10.2. The molecule has 0 aliphatic carbocycles. The van der Waals surface area contributed by atoms with Crippen LogP contribution in [0.15, 0.2) is 42.5 Å². The minimum Gasteiger partial charge on any atom is -1.00 e. The van der Waals surface area contributed by atoms with Crippen LogP contribution in [0.4, 0.5) is 5.69 Å². The van der Waals surface area contributed by atoms with Crippen molar-refractivity contribution in [3.63, 3.8) is 0 Å². The fraction of sp³-hybridized carbons (Fsp3) is 0.231. The molecule has 15 heavy (non-hydrogen) atoms. The van der Waals surface area contributed by atoms with Gasteiger partial charge in [0.15, 0.2) is 0 Å². The summed E-state index contributed by atoms with van der Waals surface area (Å²) in [5, 5.41) is 2.63. The van der Waals surface area contributed by atoms with Crippen molar-refractivity contribution in [1.29, 1.82) is 0 Å². The van der Waals surface area contributed by atoms with E-state index in [-0.39, 0.29) is 12.4 Å². The zero-order valence-corrected chi connectivity index (χ0v) is 10.1. The molecule has 0 radical (unpaired) electrons. The molecule has 80 valence electrons. The van der Waals surface area contributed by atoms with Crippen LogP contribution in [-0.4, -0.2) is 21.1 Å². The van der Waals surface area contributed by atoms with Gasteiger partial charge in [0.25, 0.3) is 0 Å². The maximum absolute atomic E-state index is 2.26. The second kappa shape index (κ2) is 4.21. The number of rotatable bonds is 1. The Morgan fingerprint density at radius 1 is 0.800 bits per heavy atom. The van der Waals surface area contributed by atoms with Gasteiger partial charge in [0, 0.05) is 6.07 Å². The number of benzene rings is 2. The molecule has 0 amide bonds. The van der Waals surface area contributed by atoms with Gasteiger partial charge in [0.2, 0.25) is 0 Å². The first-order valence-electron chi connectivity index (χ1n) is 4.88. The number of hydrogen-bond donors (Lipinski definition) is 0. The molecule has 0 unspecified atom stereocenters. The number of quaternary nitrogens is 1. The Labute approximate surface area is 97.3 Å². The van der Waals surface area contributed by atoms with Crippen molar-refractivity contribution in [2.24, 2.45) is 0 Å². The lowest BCUT2D eigenvalue weighted by atomic mass is 10.1. The van der Waals surface area contributed by atoms with Gasteiger partial charge in [-0.3, -0.25) is 4.48 Å². The van der Waals surface area contributed by atoms with E-state index in [0.717, 1.165) is 4.48 Å². The van der Waals surface area contributed by atoms with E-state index >= 15 is 0 Å². The molecule has 0 aliphatic rings. The molecule has 0 spiro atoms. The van der Waals surface area contributed by atoms with Gasteiger partial charge in [0.1, 0.15) is 5.69 Å². The van der Waals surface area contributed by atoms with E-state index in [9.17, 15) is 0 Å². The molecule has 0 fully saturated rings. The summed E-state index contributed by atoms with van der Waals surface area (Å²) < 4.78 is 0.866. The van der Waals surface area contributed by atoms with Gasteiger partial charge in [-0.2, -0.15) is 0 Å². The average molecular weight is 222 g/mol. The maximum atomic E-state index is 2.26. The van der Waals surface area contributed by atoms with Crippen molar-refractivity contribution < 1.29 is 12.4 Å². The predicted molar refractivity (Wildman–Crippen MR) is 63.5 cm³/mol. The molecule has 0 heterocycles. The van der Waals surface area contributed by atoms with Gasteiger partial charge in [-0.15, -0.1) is 0 Å². The van der Waals surface area contributed by atoms with Crippen LogP contribution < -0.4 is 16.9 Å². The minimum absolute atomic E-state index is 0. The van der Waals surface area contributed by atoms with Crippen LogP contribution in [0.25, 0.3) is 10.8 Å². The van der Waals surface area contributed by atoms with Crippen LogP contribution in [0.5, 0.6) is 0 Å². The summed E-state index contributed by atoms with van der Waals surface area (Å²) in [6.07, 6.45) is 0. The molecule has 2 aromatic carbocycles. The second-order valence-corrected chi connectivity index (χ2v) is 4.54. The van der Waals surface area contributed by atoms with E-state index in [1.54, 1.807) is 0 Å². The lowest BCUT2D eigenvalue weighted by Crippen LogP contribution is -3.00. The van der Waals surface area contributed by atoms with Crippen LogP contribution in [0.2, 0.25) is 0 Å². The largest absolute Gasteiger partial charge is 1.00 e. The summed E-state index contributed by atoms with van der Waals surface area (Å²) >= 11 is 0. The Hall–Kier alpha value is -1.05. The summed E-state index contributed by atoms with van der Waals surface area (Å²) in [6, 6.07) is 15.1. The highest BCUT2D eigenvalue weighted by Crippen LogP contribution is 2.23. The molecule has 2 aromatic rings. The molecule has 0 aliphatic heterocycles. The number of fused-ring (bicyclic) bond motifs is 1. The van der Waals surface area contributed by atoms with Crippen LogP contribution >= 0.6 is 0 Å². The molecular weight excluding hydrogens is 206 g/mol. The molecular formula is C13H16ClN. The van der Waals surface area contributed by atoms with Crippen LogP contribution in [0, 0.1) is 0 Å². The first-order chi connectivity index (χ1) is 6.57. The first-order valence-corrected chi connectivity index (χ1v) is 4.88. The SMILES string of the molecule is C[N+](C)(C)c1ccc2ccccc2c1.[Cl-]. The molecule has 2 heteroatoms. The lowest BCUT2D eigenvalue weighted by Gasteiger charge is -2.23. The van der Waals surface area contributed by atoms with Gasteiger partial charge in [-0.05, 0) is 22.9 Å². The summed E-state index contributed by atoms with van der Waals surface area (Å²) in [4.78, 5) is 0. The molecule has 1 nitrogen and oxygen atoms in total. The van der Waals surface area contributed by atoms with E-state index in [1.807, 2.05) is 0 Å². The maximum Gasteiger partial charge on any atom is 0.132 e. The van der Waals surface area contributed by atoms with Crippen molar-refractivity contribution in [2.75, 3.05) is 21.1 Å². The normalized spacial score (nSPS) is 11.1. The molecule has 0 atom stereocenters. The van der Waals surface area contributed by atoms with Crippen molar-refractivity contribution in [1.82, 2.24) is 4.48 Å². The van der Waals surface area contributed by atoms with Crippen molar-refractivity contribution in [2.45, 2.75) is 0 Å². The Morgan fingerprint density at radius 2 is 1.40 bits per heavy atom. The molecule has 0 saturated heterocycles. The van der Waals surface area contributed by atoms with Gasteiger partial charge >= 0.3 is 0 Å². The Morgan fingerprint density at radius 3 is 2.00 bits per heavy atom. The topological polar surface area (TPSA) is 0 Å². The average Bonchev–Trinajstić information content (AvgIpc) is 2.16. The number of nitrogens with zero attached hydrogens (tertiary/aromatic N) is 1. The van der Waals surface area contributed by atoms with E-state index in [1.165, 1.54) is 16.5 Å². The van der Waals surface area contributed by atoms with Gasteiger partial charge in [-0.25, -0.2) is 0 Å². The molecule has 0 aromatic heterocycles. The van der Waals surface area contributed by atoms with Crippen LogP contribution in [0.3, 0.4) is 0 Å². The summed E-state index contributed by atoms with van der Waals surface area (Å²) in [5.74, 6) is 0. The van der Waals surface area contributed by atoms with Gasteiger partial charge < -0.3 is 12.4 Å². The van der Waals surface area contributed by atoms with Gasteiger partial charge in [-0.1, -0.05) is 24.3 Å². The van der Waals surface area contributed by atoms with Crippen molar-refractivity contribution >= 4 is 16.5 Å². The standard InChI is InChI=1S/C13H16N.ClH/c1-14(2,3)13-9-8-11-6-4-5-7-12(11)10-13;/h4-10H,1-3H3;1H/q+1;/p-1. The Bertz CT molecular complexity index is 457. The van der Waals surface area contributed by atoms with Crippen LogP contribution in [0.1, 0.15) is 0 Å². The van der Waals surface area contributed by atoms with E-state index in [4.69, 9.17) is 0 Å². The quantitative estimate of drug-likeness (QED) is 0.597. The highest BCUT2D eigenvalue weighted by molar-refractivity contribution is 5.85. The van der Waals surface area contributed by atoms with Crippen molar-refractivity contribution in [3.05, 3.63) is 42.5 Å². The Balaban J connectivity index is 0.00000112. The molecule has 0 N–H and O–H groups in total. The van der Waals surface area contributed by atoms with E-state index < -0.39 is 0 Å². The van der Waals surface area contributed by atoms with E-state index in [2.05, 4.69) is 63.6 Å². The second-order valence-electron chi connectivity index (χ2n) is 4.54. The first kappa shape index (κ1) is 12.0. The van der Waals surface area contributed by atoms with Crippen molar-refractivity contribution in [3.8, 4) is 0 Å². The summed E-state index contributed by atoms with van der Waals surface area (Å²) in [6.45, 7) is 0. The monoisotopic (exact) mass is 221 g/mol. The number of halogens is 1. The highest BCUT2D eigenvalue weighted by Gasteiger charge is 2.11. The fourth-order valence-electron chi connectivity index (χ4n) is 1.59. The molecule has 0 saturated carbocycles. The Kier molecular flexibility index (Phi) is 3.38. The highest BCUT2D eigenvalue weighted by atomic mass is 35.5. The third-order valence-electron chi connectivity index (χ3n) is 2.51. The minimum atomic E-state index is 0. The van der Waals surface area contributed by atoms with Crippen LogP contribution in [-0.2, 0) is 0 Å². The van der Waals surface area contributed by atoms with E-state index in [0.29, 0.717) is 0 Å². The van der Waals surface area contributed by atoms with Gasteiger partial charge in [0.05, 0.1) is 21.1 Å². The smallest absolute Gasteiger partial charge is 0.132 e. The molecule has 2 rings (SSSR count). The lowest BCUT2D eigenvalue weighted by molar-refractivity contribution is -0.00000306. The summed E-state index contributed by atoms with van der Waals surface area (Å²) in [7, 11) is 6.55. The molecule has 0 bridgehead atoms. The fourth-order valence-corrected chi connectivity index (χ4v) is 1.59. The third kappa shape index (κ3) is 2.49. The third-order valence-corrected chi connectivity index (χ3v) is 2.51. The predicted octanol–water partition coefficient (Wildman–Crippen LogP) is 0.0405. The summed E-state index contributed by atoms with van der Waals surface area (Å²) in [5.41, 5.74) is 1.34.